The molecule has 2 N–H and O–H groups in total. The molecule has 0 radical (unpaired) electrons. The van der Waals surface area contributed by atoms with Crippen molar-refractivity contribution in [2.45, 2.75) is 20.4 Å². The number of hydrogen-bond acceptors (Lipinski definition) is 3. The summed E-state index contributed by atoms with van der Waals surface area (Å²) in [5.74, 6) is 0.677. The van der Waals surface area contributed by atoms with Crippen LogP contribution in [0.2, 0.25) is 0 Å². The van der Waals surface area contributed by atoms with E-state index in [1.165, 1.54) is 6.92 Å². The van der Waals surface area contributed by atoms with Gasteiger partial charge in [-0.2, -0.15) is 5.10 Å². The Morgan fingerprint density at radius 3 is 3.00 bits per heavy atom. The third-order valence-electron chi connectivity index (χ3n) is 2.52. The van der Waals surface area contributed by atoms with Crippen LogP contribution in [0.25, 0.3) is 11.4 Å². The van der Waals surface area contributed by atoms with Gasteiger partial charge in [-0.25, -0.2) is 0 Å². The summed E-state index contributed by atoms with van der Waals surface area (Å²) >= 11 is 5.15. The van der Waals surface area contributed by atoms with Gasteiger partial charge in [0.05, 0.1) is 0 Å². The molecule has 0 aliphatic heterocycles. The van der Waals surface area contributed by atoms with Crippen molar-refractivity contribution < 1.29 is 4.79 Å². The Kier molecular flexibility index (Phi) is 3.57. The molecule has 0 saturated heterocycles. The Bertz CT molecular complexity index is 629. The third kappa shape index (κ3) is 2.48. The average Bonchev–Trinajstić information content (AvgIpc) is 2.70. The molecule has 0 unspecified atom stereocenters. The van der Waals surface area contributed by atoms with E-state index in [2.05, 4.69) is 15.5 Å². The van der Waals surface area contributed by atoms with Crippen LogP contribution in [0.4, 0.5) is 5.69 Å². The quantitative estimate of drug-likeness (QED) is 0.836. The van der Waals surface area contributed by atoms with Gasteiger partial charge in [-0.1, -0.05) is 12.1 Å². The number of nitrogens with zero attached hydrogens (tertiary/aromatic N) is 2. The molecular weight excluding hydrogens is 248 g/mol. The van der Waals surface area contributed by atoms with Crippen molar-refractivity contribution in [3.63, 3.8) is 0 Å². The number of anilines is 1. The van der Waals surface area contributed by atoms with Crippen LogP contribution < -0.4 is 5.32 Å². The molecule has 0 aliphatic rings. The molecule has 94 valence electrons. The lowest BCUT2D eigenvalue weighted by atomic mass is 10.2. The summed E-state index contributed by atoms with van der Waals surface area (Å²) in [4.78, 5) is 11.0. The number of carbonyl (C=O) groups is 1. The molecule has 1 aromatic heterocycles. The second-order valence-corrected chi connectivity index (χ2v) is 4.25. The van der Waals surface area contributed by atoms with Crippen LogP contribution in [-0.4, -0.2) is 20.7 Å². The summed E-state index contributed by atoms with van der Waals surface area (Å²) in [5.41, 5.74) is 1.66. The molecule has 0 fully saturated rings. The second-order valence-electron chi connectivity index (χ2n) is 3.86. The van der Waals surface area contributed by atoms with Gasteiger partial charge < -0.3 is 9.88 Å². The molecule has 0 aliphatic carbocycles. The van der Waals surface area contributed by atoms with Crippen molar-refractivity contribution in [2.75, 3.05) is 5.32 Å². The summed E-state index contributed by atoms with van der Waals surface area (Å²) in [5, 5.41) is 9.73. The van der Waals surface area contributed by atoms with E-state index in [1.807, 2.05) is 35.8 Å². The molecule has 18 heavy (non-hydrogen) atoms. The third-order valence-corrected chi connectivity index (χ3v) is 2.83. The van der Waals surface area contributed by atoms with Gasteiger partial charge in [0.1, 0.15) is 0 Å². The molecule has 2 aromatic rings. The SMILES string of the molecule is CCn1c(-c2cccc(NC(C)=O)c2)n[nH]c1=S. The molecule has 1 heterocycles. The van der Waals surface area contributed by atoms with Crippen molar-refractivity contribution in [2.24, 2.45) is 0 Å². The van der Waals surface area contributed by atoms with E-state index in [0.29, 0.717) is 4.77 Å². The standard InChI is InChI=1S/C12H14N4OS/c1-3-16-11(14-15-12(16)18)9-5-4-6-10(7-9)13-8(2)17/h4-7H,3H2,1-2H3,(H,13,17)(H,15,18). The summed E-state index contributed by atoms with van der Waals surface area (Å²) < 4.78 is 2.50. The first kappa shape index (κ1) is 12.5. The van der Waals surface area contributed by atoms with E-state index >= 15 is 0 Å². The van der Waals surface area contributed by atoms with Crippen molar-refractivity contribution in [1.82, 2.24) is 14.8 Å². The molecule has 1 amide bonds. The van der Waals surface area contributed by atoms with Crippen LogP contribution in [0.3, 0.4) is 0 Å². The molecule has 0 atom stereocenters. The highest BCUT2D eigenvalue weighted by Gasteiger charge is 2.08. The molecule has 1 aromatic carbocycles. The number of carbonyl (C=O) groups excluding carboxylic acids is 1. The number of aromatic nitrogens is 3. The predicted octanol–water partition coefficient (Wildman–Crippen LogP) is 2.59. The Morgan fingerprint density at radius 1 is 1.56 bits per heavy atom. The Morgan fingerprint density at radius 2 is 2.33 bits per heavy atom. The lowest BCUT2D eigenvalue weighted by Crippen LogP contribution is -2.06. The van der Waals surface area contributed by atoms with Crippen molar-refractivity contribution in [3.05, 3.63) is 29.0 Å². The zero-order valence-corrected chi connectivity index (χ0v) is 11.0. The highest BCUT2D eigenvalue weighted by molar-refractivity contribution is 7.71. The van der Waals surface area contributed by atoms with Crippen molar-refractivity contribution in [1.29, 1.82) is 0 Å². The Hall–Kier alpha value is -1.95. The summed E-state index contributed by atoms with van der Waals surface area (Å²) in [6.45, 7) is 4.23. The van der Waals surface area contributed by atoms with Gasteiger partial charge in [0.15, 0.2) is 10.6 Å². The minimum Gasteiger partial charge on any atom is -0.326 e. The van der Waals surface area contributed by atoms with E-state index in [-0.39, 0.29) is 5.91 Å². The van der Waals surface area contributed by atoms with Gasteiger partial charge in [0, 0.05) is 24.7 Å². The average molecular weight is 262 g/mol. The Balaban J connectivity index is 2.44. The molecule has 5 nitrogen and oxygen atoms in total. The lowest BCUT2D eigenvalue weighted by molar-refractivity contribution is -0.114. The van der Waals surface area contributed by atoms with Gasteiger partial charge in [0.25, 0.3) is 0 Å². The normalized spacial score (nSPS) is 10.3. The number of benzene rings is 1. The summed E-state index contributed by atoms with van der Waals surface area (Å²) in [6, 6.07) is 7.52. The monoisotopic (exact) mass is 262 g/mol. The van der Waals surface area contributed by atoms with Gasteiger partial charge in [-0.3, -0.25) is 9.89 Å². The van der Waals surface area contributed by atoms with Crippen LogP contribution in [0, 0.1) is 4.77 Å². The maximum atomic E-state index is 11.0. The first-order valence-corrected chi connectivity index (χ1v) is 6.06. The van der Waals surface area contributed by atoms with Crippen LogP contribution in [0.1, 0.15) is 13.8 Å². The fourth-order valence-corrected chi connectivity index (χ4v) is 2.03. The highest BCUT2D eigenvalue weighted by Crippen LogP contribution is 2.21. The van der Waals surface area contributed by atoms with E-state index < -0.39 is 0 Å². The minimum absolute atomic E-state index is 0.0958. The fraction of sp³-hybridized carbons (Fsp3) is 0.250. The maximum Gasteiger partial charge on any atom is 0.221 e. The smallest absolute Gasteiger partial charge is 0.221 e. The van der Waals surface area contributed by atoms with Crippen LogP contribution in [0.5, 0.6) is 0 Å². The van der Waals surface area contributed by atoms with Gasteiger partial charge in [0.2, 0.25) is 5.91 Å². The van der Waals surface area contributed by atoms with E-state index in [1.54, 1.807) is 0 Å². The second kappa shape index (κ2) is 5.14. The molecule has 2 rings (SSSR count). The predicted molar refractivity (Wildman–Crippen MR) is 72.8 cm³/mol. The Labute approximate surface area is 110 Å². The van der Waals surface area contributed by atoms with Crippen molar-refractivity contribution in [3.8, 4) is 11.4 Å². The maximum absolute atomic E-state index is 11.0. The first-order chi connectivity index (χ1) is 8.61. The summed E-state index contributed by atoms with van der Waals surface area (Å²) in [7, 11) is 0. The minimum atomic E-state index is -0.0958. The van der Waals surface area contributed by atoms with Crippen LogP contribution in [0.15, 0.2) is 24.3 Å². The number of amides is 1. The molecule has 0 saturated carbocycles. The number of rotatable bonds is 3. The first-order valence-electron chi connectivity index (χ1n) is 5.65. The zero-order chi connectivity index (χ0) is 13.1. The van der Waals surface area contributed by atoms with E-state index in [4.69, 9.17) is 12.2 Å². The summed E-state index contributed by atoms with van der Waals surface area (Å²) in [6.07, 6.45) is 0. The largest absolute Gasteiger partial charge is 0.326 e. The molecule has 6 heteroatoms. The topological polar surface area (TPSA) is 62.7 Å². The highest BCUT2D eigenvalue weighted by atomic mass is 32.1. The number of hydrogen-bond donors (Lipinski definition) is 2. The van der Waals surface area contributed by atoms with Gasteiger partial charge in [-0.05, 0) is 31.3 Å². The lowest BCUT2D eigenvalue weighted by Gasteiger charge is -2.06. The number of aromatic amines is 1. The van der Waals surface area contributed by atoms with Gasteiger partial charge >= 0.3 is 0 Å². The van der Waals surface area contributed by atoms with E-state index in [0.717, 1.165) is 23.6 Å². The zero-order valence-electron chi connectivity index (χ0n) is 10.2. The van der Waals surface area contributed by atoms with Crippen LogP contribution >= 0.6 is 12.2 Å². The van der Waals surface area contributed by atoms with Gasteiger partial charge in [-0.15, -0.1) is 0 Å². The van der Waals surface area contributed by atoms with Crippen molar-refractivity contribution >= 4 is 23.8 Å². The fourth-order valence-electron chi connectivity index (χ4n) is 1.77. The number of nitrogens with one attached hydrogen (secondary N) is 2. The van der Waals surface area contributed by atoms with E-state index in [9.17, 15) is 4.79 Å². The molecule has 0 bridgehead atoms. The number of H-pyrrole nitrogens is 1. The molecule has 0 spiro atoms. The molecular formula is C12H14N4OS. The van der Waals surface area contributed by atoms with Crippen LogP contribution in [-0.2, 0) is 11.3 Å².